The lowest BCUT2D eigenvalue weighted by Crippen LogP contribution is -2.42. The van der Waals surface area contributed by atoms with E-state index in [1.807, 2.05) is 18.3 Å². The van der Waals surface area contributed by atoms with E-state index in [2.05, 4.69) is 51.2 Å². The second-order valence-electron chi connectivity index (χ2n) is 7.76. The molecular weight excluding hydrogens is 322 g/mol. The zero-order valence-corrected chi connectivity index (χ0v) is 15.3. The van der Waals surface area contributed by atoms with E-state index in [-0.39, 0.29) is 5.41 Å². The molecule has 4 heteroatoms. The van der Waals surface area contributed by atoms with Gasteiger partial charge >= 0.3 is 0 Å². The van der Waals surface area contributed by atoms with Gasteiger partial charge < -0.3 is 9.80 Å². The molecule has 0 aliphatic carbocycles. The number of rotatable bonds is 5. The summed E-state index contributed by atoms with van der Waals surface area (Å²) < 4.78 is 0. The molecule has 1 aromatic carbocycles. The van der Waals surface area contributed by atoms with Crippen molar-refractivity contribution >= 4 is 11.7 Å². The monoisotopic (exact) mass is 349 g/mol. The Balaban J connectivity index is 1.29. The molecule has 3 heterocycles. The van der Waals surface area contributed by atoms with Crippen LogP contribution in [0.4, 0.5) is 5.82 Å². The zero-order valence-electron chi connectivity index (χ0n) is 15.3. The third-order valence-corrected chi connectivity index (χ3v) is 5.94. The molecule has 0 saturated carbocycles. The van der Waals surface area contributed by atoms with E-state index in [4.69, 9.17) is 0 Å². The van der Waals surface area contributed by atoms with Gasteiger partial charge in [0.15, 0.2) is 0 Å². The van der Waals surface area contributed by atoms with E-state index in [1.165, 1.54) is 5.56 Å². The summed E-state index contributed by atoms with van der Waals surface area (Å²) in [6, 6.07) is 16.6. The van der Waals surface area contributed by atoms with Crippen molar-refractivity contribution in [2.75, 3.05) is 31.1 Å². The van der Waals surface area contributed by atoms with Crippen LogP contribution in [0.1, 0.15) is 31.2 Å². The van der Waals surface area contributed by atoms with Gasteiger partial charge in [-0.15, -0.1) is 0 Å². The van der Waals surface area contributed by atoms with Crippen molar-refractivity contribution < 1.29 is 4.79 Å². The van der Waals surface area contributed by atoms with E-state index in [1.54, 1.807) is 0 Å². The fraction of sp³-hybridized carbons (Fsp3) is 0.455. The highest BCUT2D eigenvalue weighted by molar-refractivity contribution is 5.79. The maximum Gasteiger partial charge on any atom is 0.223 e. The lowest BCUT2D eigenvalue weighted by atomic mass is 9.77. The average Bonchev–Trinajstić information content (AvgIpc) is 2.99. The van der Waals surface area contributed by atoms with Gasteiger partial charge in [0.2, 0.25) is 5.91 Å². The van der Waals surface area contributed by atoms with Gasteiger partial charge in [0.1, 0.15) is 5.82 Å². The van der Waals surface area contributed by atoms with E-state index < -0.39 is 0 Å². The summed E-state index contributed by atoms with van der Waals surface area (Å²) in [7, 11) is 0. The van der Waals surface area contributed by atoms with Gasteiger partial charge in [0.25, 0.3) is 0 Å². The van der Waals surface area contributed by atoms with Gasteiger partial charge in [-0.25, -0.2) is 4.98 Å². The number of benzene rings is 1. The van der Waals surface area contributed by atoms with Crippen LogP contribution in [0.15, 0.2) is 54.7 Å². The SMILES string of the molecule is O=C1CC2(CCN(c3ccccn3)CC2)CN1CCCc1ccccc1. The van der Waals surface area contributed by atoms with E-state index in [0.717, 1.165) is 64.1 Å². The van der Waals surface area contributed by atoms with Crippen molar-refractivity contribution in [1.82, 2.24) is 9.88 Å². The summed E-state index contributed by atoms with van der Waals surface area (Å²) in [5, 5.41) is 0. The fourth-order valence-electron chi connectivity index (χ4n) is 4.39. The van der Waals surface area contributed by atoms with Gasteiger partial charge in [-0.05, 0) is 43.4 Å². The van der Waals surface area contributed by atoms with Gasteiger partial charge in [0, 0.05) is 44.2 Å². The van der Waals surface area contributed by atoms with Crippen LogP contribution in [0, 0.1) is 5.41 Å². The highest BCUT2D eigenvalue weighted by Gasteiger charge is 2.44. The van der Waals surface area contributed by atoms with Crippen LogP contribution >= 0.6 is 0 Å². The highest BCUT2D eigenvalue weighted by Crippen LogP contribution is 2.41. The first-order valence-corrected chi connectivity index (χ1v) is 9.72. The van der Waals surface area contributed by atoms with Crippen molar-refractivity contribution in [3.63, 3.8) is 0 Å². The molecule has 4 rings (SSSR count). The Morgan fingerprint density at radius 3 is 2.50 bits per heavy atom. The number of piperidine rings is 1. The molecule has 1 spiro atoms. The number of carbonyl (C=O) groups is 1. The van der Waals surface area contributed by atoms with Crippen LogP contribution < -0.4 is 4.90 Å². The number of carbonyl (C=O) groups excluding carboxylic acids is 1. The lowest BCUT2D eigenvalue weighted by molar-refractivity contribution is -0.127. The molecule has 2 fully saturated rings. The fourth-order valence-corrected chi connectivity index (χ4v) is 4.39. The predicted octanol–water partition coefficient (Wildman–Crippen LogP) is 3.53. The summed E-state index contributed by atoms with van der Waals surface area (Å²) >= 11 is 0. The molecule has 0 N–H and O–H groups in total. The Morgan fingerprint density at radius 1 is 1.00 bits per heavy atom. The Bertz CT molecular complexity index is 724. The Hall–Kier alpha value is -2.36. The topological polar surface area (TPSA) is 36.4 Å². The van der Waals surface area contributed by atoms with Crippen LogP contribution in [0.25, 0.3) is 0 Å². The molecule has 2 saturated heterocycles. The van der Waals surface area contributed by atoms with Crippen LogP contribution in [0.5, 0.6) is 0 Å². The van der Waals surface area contributed by atoms with Crippen LogP contribution in [0.2, 0.25) is 0 Å². The maximum atomic E-state index is 12.5. The van der Waals surface area contributed by atoms with Gasteiger partial charge in [-0.1, -0.05) is 36.4 Å². The maximum absolute atomic E-state index is 12.5. The van der Waals surface area contributed by atoms with Crippen LogP contribution in [-0.4, -0.2) is 42.0 Å². The third-order valence-electron chi connectivity index (χ3n) is 5.94. The molecule has 2 aliphatic rings. The first-order valence-electron chi connectivity index (χ1n) is 9.72. The van der Waals surface area contributed by atoms with Gasteiger partial charge in [-0.3, -0.25) is 4.79 Å². The number of pyridine rings is 1. The molecule has 0 unspecified atom stereocenters. The summed E-state index contributed by atoms with van der Waals surface area (Å²) in [6.45, 7) is 3.83. The number of aromatic nitrogens is 1. The minimum Gasteiger partial charge on any atom is -0.357 e. The van der Waals surface area contributed by atoms with Crippen molar-refractivity contribution in [3.8, 4) is 0 Å². The highest BCUT2D eigenvalue weighted by atomic mass is 16.2. The largest absolute Gasteiger partial charge is 0.357 e. The quantitative estimate of drug-likeness (QED) is 0.828. The number of amides is 1. The second kappa shape index (κ2) is 7.48. The van der Waals surface area contributed by atoms with E-state index in [9.17, 15) is 4.79 Å². The Morgan fingerprint density at radius 2 is 1.77 bits per heavy atom. The second-order valence-corrected chi connectivity index (χ2v) is 7.76. The average molecular weight is 349 g/mol. The van der Waals surface area contributed by atoms with Crippen molar-refractivity contribution in [3.05, 3.63) is 60.3 Å². The Kier molecular flexibility index (Phi) is 4.91. The standard InChI is InChI=1S/C22H27N3O/c26-21-17-22(11-15-24(16-12-22)20-10-4-5-13-23-20)18-25(21)14-6-9-19-7-2-1-3-8-19/h1-5,7-8,10,13H,6,9,11-12,14-18H2. The predicted molar refractivity (Wildman–Crippen MR) is 104 cm³/mol. The number of aryl methyl sites for hydroxylation is 1. The molecule has 2 aliphatic heterocycles. The van der Waals surface area contributed by atoms with E-state index in [0.29, 0.717) is 5.91 Å². The minimum atomic E-state index is 0.190. The summed E-state index contributed by atoms with van der Waals surface area (Å²) in [5.41, 5.74) is 1.55. The summed E-state index contributed by atoms with van der Waals surface area (Å²) in [6.07, 6.45) is 6.85. The zero-order chi connectivity index (χ0) is 17.8. The molecule has 1 amide bonds. The molecular formula is C22H27N3O. The van der Waals surface area contributed by atoms with Crippen molar-refractivity contribution in [2.45, 2.75) is 32.1 Å². The van der Waals surface area contributed by atoms with Crippen LogP contribution in [-0.2, 0) is 11.2 Å². The number of nitrogens with zero attached hydrogens (tertiary/aromatic N) is 3. The molecule has 4 nitrogen and oxygen atoms in total. The first-order chi connectivity index (χ1) is 12.7. The summed E-state index contributed by atoms with van der Waals surface area (Å²) in [4.78, 5) is 21.5. The molecule has 2 aromatic rings. The molecule has 1 aromatic heterocycles. The Labute approximate surface area is 155 Å². The number of anilines is 1. The lowest BCUT2D eigenvalue weighted by Gasteiger charge is -2.39. The van der Waals surface area contributed by atoms with Crippen LogP contribution in [0.3, 0.4) is 0 Å². The number of likely N-dealkylation sites (tertiary alicyclic amines) is 1. The minimum absolute atomic E-state index is 0.190. The number of hydrogen-bond acceptors (Lipinski definition) is 3. The van der Waals surface area contributed by atoms with Crippen molar-refractivity contribution in [2.24, 2.45) is 5.41 Å². The molecule has 0 bridgehead atoms. The summed E-state index contributed by atoms with van der Waals surface area (Å²) in [5.74, 6) is 1.41. The molecule has 136 valence electrons. The van der Waals surface area contributed by atoms with Gasteiger partial charge in [-0.2, -0.15) is 0 Å². The normalized spacial score (nSPS) is 19.3. The molecule has 26 heavy (non-hydrogen) atoms. The molecule has 0 radical (unpaired) electrons. The third kappa shape index (κ3) is 3.74. The van der Waals surface area contributed by atoms with E-state index >= 15 is 0 Å². The number of hydrogen-bond donors (Lipinski definition) is 0. The smallest absolute Gasteiger partial charge is 0.223 e. The van der Waals surface area contributed by atoms with Gasteiger partial charge in [0.05, 0.1) is 0 Å². The van der Waals surface area contributed by atoms with Crippen molar-refractivity contribution in [1.29, 1.82) is 0 Å². The first kappa shape index (κ1) is 17.1. The molecule has 0 atom stereocenters.